The minimum Gasteiger partial charge on any atom is -3.00 e. The Hall–Kier alpha value is 2.32. The van der Waals surface area contributed by atoms with Crippen LogP contribution in [0.25, 0.3) is 0 Å². The van der Waals surface area contributed by atoms with Gasteiger partial charge in [0.1, 0.15) is 0 Å². The van der Waals surface area contributed by atoms with E-state index in [1.165, 1.54) is 0 Å². The molecular weight excluding hydrogens is 47.8 g/mol. The van der Waals surface area contributed by atoms with Crippen LogP contribution in [0.4, 0.5) is 0 Å². The number of rotatable bonds is 0. The summed E-state index contributed by atoms with van der Waals surface area (Å²) in [4.78, 5) is 0. The van der Waals surface area contributed by atoms with Gasteiger partial charge in [0.15, 0.2) is 0 Å². The number of hydrogen-bond donors (Lipinski definition) is 0. The molecule has 0 aliphatic rings. The van der Waals surface area contributed by atoms with Crippen LogP contribution in [0.5, 0.6) is 0 Å². The van der Waals surface area contributed by atoms with Crippen LogP contribution >= 0.6 is 0 Å². The second-order valence-corrected chi connectivity index (χ2v) is 0. The fourth-order valence-corrected chi connectivity index (χ4v) is 0. The van der Waals surface area contributed by atoms with Crippen molar-refractivity contribution in [3.8, 4) is 0 Å². The van der Waals surface area contributed by atoms with Crippen LogP contribution in [0, 0.1) is 0 Å². The van der Waals surface area contributed by atoms with Gasteiger partial charge in [-0.05, 0) is 0 Å². The molecule has 0 unspecified atom stereocenters. The summed E-state index contributed by atoms with van der Waals surface area (Å²) >= 11 is 0. The standard InChI is InChI=1S/Al.3Li/q-3;3*+1. The second-order valence-electron chi connectivity index (χ2n) is 0. The van der Waals surface area contributed by atoms with Crippen LogP contribution in [0.1, 0.15) is 0 Å². The average molecular weight is 47.8 g/mol. The maximum absolute atomic E-state index is 0. The molecular formula is AlLi3. The monoisotopic (exact) mass is 48.0 g/mol. The van der Waals surface area contributed by atoms with Crippen LogP contribution in [0.2, 0.25) is 0 Å². The van der Waals surface area contributed by atoms with Gasteiger partial charge in [-0.2, -0.15) is 0 Å². The molecule has 0 heterocycles. The normalized spacial score (nSPS) is 0. The molecule has 6 valence electrons. The van der Waals surface area contributed by atoms with E-state index < -0.39 is 0 Å². The Balaban J connectivity index is 0. The first-order chi connectivity index (χ1) is 0. The van der Waals surface area contributed by atoms with E-state index in [0.29, 0.717) is 0 Å². The van der Waals surface area contributed by atoms with Gasteiger partial charge in [0.25, 0.3) is 0 Å². The molecule has 0 spiro atoms. The zero-order valence-electron chi connectivity index (χ0n) is 3.58. The zero-order chi connectivity index (χ0) is 0. The van der Waals surface area contributed by atoms with Crippen LogP contribution in [-0.2, 0) is 0 Å². The zero-order valence-corrected chi connectivity index (χ0v) is 4.73. The molecule has 2 radical (unpaired) electrons. The first kappa shape index (κ1) is 33.2. The minimum absolute atomic E-state index is 0. The van der Waals surface area contributed by atoms with Gasteiger partial charge in [-0.15, -0.1) is 0 Å². The van der Waals surface area contributed by atoms with E-state index in [4.69, 9.17) is 0 Å². The topological polar surface area (TPSA) is 0 Å². The predicted molar refractivity (Wildman–Crippen MR) is 5.75 cm³/mol. The van der Waals surface area contributed by atoms with Gasteiger partial charge in [-0.25, -0.2) is 0 Å². The summed E-state index contributed by atoms with van der Waals surface area (Å²) in [5.74, 6) is 0. The van der Waals surface area contributed by atoms with E-state index in [-0.39, 0.29) is 73.9 Å². The van der Waals surface area contributed by atoms with Crippen LogP contribution in [0.3, 0.4) is 0 Å². The van der Waals surface area contributed by atoms with Crippen molar-refractivity contribution in [2.24, 2.45) is 0 Å². The summed E-state index contributed by atoms with van der Waals surface area (Å²) in [7, 11) is 0. The Bertz CT molecular complexity index is 3.25. The Morgan fingerprint density at radius 3 is 0.500 bits per heavy atom. The van der Waals surface area contributed by atoms with Gasteiger partial charge < -0.3 is 17.4 Å². The Labute approximate surface area is 73.1 Å². The quantitative estimate of drug-likeness (QED) is 0.238. The van der Waals surface area contributed by atoms with Crippen molar-refractivity contribution in [3.63, 3.8) is 0 Å². The Morgan fingerprint density at radius 2 is 0.500 bits per heavy atom. The maximum atomic E-state index is 0. The van der Waals surface area contributed by atoms with Crippen molar-refractivity contribution in [1.29, 1.82) is 0 Å². The summed E-state index contributed by atoms with van der Waals surface area (Å²) in [6.45, 7) is 0. The summed E-state index contributed by atoms with van der Waals surface area (Å²) in [6, 6.07) is 0. The van der Waals surface area contributed by atoms with E-state index in [1.807, 2.05) is 0 Å². The molecule has 0 aromatic heterocycles. The molecule has 0 atom stereocenters. The van der Waals surface area contributed by atoms with Gasteiger partial charge in [0.05, 0.1) is 0 Å². The predicted octanol–water partition coefficient (Wildman–Crippen LogP) is -9.37. The summed E-state index contributed by atoms with van der Waals surface area (Å²) < 4.78 is 0. The van der Waals surface area contributed by atoms with Gasteiger partial charge >= 0.3 is 56.6 Å². The molecule has 0 rings (SSSR count). The molecule has 0 saturated carbocycles. The fraction of sp³-hybridized carbons (Fsp3) is 0. The van der Waals surface area contributed by atoms with E-state index in [1.54, 1.807) is 0 Å². The van der Waals surface area contributed by atoms with Crippen LogP contribution < -0.4 is 56.6 Å². The number of hydrogen-bond acceptors (Lipinski definition) is 0. The molecule has 4 heavy (non-hydrogen) atoms. The summed E-state index contributed by atoms with van der Waals surface area (Å²) in [5.41, 5.74) is 0. The van der Waals surface area contributed by atoms with Crippen molar-refractivity contribution >= 4 is 17.4 Å². The SMILES string of the molecule is [Al-3].[Li+].[Li+].[Li+]. The minimum atomic E-state index is 0. The van der Waals surface area contributed by atoms with E-state index in [0.717, 1.165) is 0 Å². The smallest absolute Gasteiger partial charge is 1.00 e. The van der Waals surface area contributed by atoms with Gasteiger partial charge in [-0.3, -0.25) is 0 Å². The molecule has 0 saturated heterocycles. The summed E-state index contributed by atoms with van der Waals surface area (Å²) in [5, 5.41) is 0. The molecule has 4 heteroatoms. The van der Waals surface area contributed by atoms with E-state index in [2.05, 4.69) is 0 Å². The molecule has 0 aliphatic heterocycles. The van der Waals surface area contributed by atoms with Crippen molar-refractivity contribution in [2.45, 2.75) is 0 Å². The molecule has 0 fully saturated rings. The third-order valence-electron chi connectivity index (χ3n) is 0. The van der Waals surface area contributed by atoms with Crippen LogP contribution in [0.15, 0.2) is 0 Å². The van der Waals surface area contributed by atoms with Gasteiger partial charge in [0, 0.05) is 0 Å². The largest absolute Gasteiger partial charge is 3.00 e. The molecule has 0 aliphatic carbocycles. The molecule has 0 bridgehead atoms. The average Bonchev–Trinajstić information content (AvgIpc) is 0. The van der Waals surface area contributed by atoms with Crippen LogP contribution in [-0.4, -0.2) is 17.4 Å². The van der Waals surface area contributed by atoms with Gasteiger partial charge in [-0.1, -0.05) is 0 Å². The molecule has 0 N–H and O–H groups in total. The van der Waals surface area contributed by atoms with Crippen molar-refractivity contribution in [1.82, 2.24) is 0 Å². The Kier molecular flexibility index (Phi) is 153. The Morgan fingerprint density at radius 1 is 0.500 bits per heavy atom. The first-order valence-electron chi connectivity index (χ1n) is 0. The first-order valence-corrected chi connectivity index (χ1v) is 0. The van der Waals surface area contributed by atoms with Crippen molar-refractivity contribution in [2.75, 3.05) is 0 Å². The molecule has 0 aromatic rings. The van der Waals surface area contributed by atoms with Crippen molar-refractivity contribution < 1.29 is 56.6 Å². The van der Waals surface area contributed by atoms with Crippen molar-refractivity contribution in [3.05, 3.63) is 0 Å². The third kappa shape index (κ3) is 8.85. The van der Waals surface area contributed by atoms with E-state index in [9.17, 15) is 0 Å². The maximum Gasteiger partial charge on any atom is 1.00 e. The molecule has 0 nitrogen and oxygen atoms in total. The third-order valence-corrected chi connectivity index (χ3v) is 0. The summed E-state index contributed by atoms with van der Waals surface area (Å²) in [6.07, 6.45) is 0. The molecule has 0 aromatic carbocycles. The fourth-order valence-electron chi connectivity index (χ4n) is 0. The van der Waals surface area contributed by atoms with E-state index >= 15 is 0 Å². The molecule has 0 amide bonds. The van der Waals surface area contributed by atoms with Gasteiger partial charge in [0.2, 0.25) is 0 Å². The second kappa shape index (κ2) is 18.4.